The SMILES string of the molecule is CC(=O)c1cccc(CCN2CC(C(F)(F)F)C2)n1. The van der Waals surface area contributed by atoms with Crippen molar-refractivity contribution in [2.75, 3.05) is 19.6 Å². The van der Waals surface area contributed by atoms with E-state index in [1.54, 1.807) is 23.1 Å². The maximum absolute atomic E-state index is 12.3. The zero-order valence-electron chi connectivity index (χ0n) is 10.6. The molecule has 0 N–H and O–H groups in total. The van der Waals surface area contributed by atoms with Gasteiger partial charge >= 0.3 is 6.18 Å². The van der Waals surface area contributed by atoms with Gasteiger partial charge in [0.25, 0.3) is 0 Å². The number of hydrogen-bond acceptors (Lipinski definition) is 3. The first-order valence-corrected chi connectivity index (χ1v) is 6.12. The van der Waals surface area contributed by atoms with Gasteiger partial charge in [0.1, 0.15) is 5.69 Å². The summed E-state index contributed by atoms with van der Waals surface area (Å²) in [4.78, 5) is 17.1. The molecular weight excluding hydrogens is 257 g/mol. The third-order valence-electron chi connectivity index (χ3n) is 3.27. The number of hydrogen-bond donors (Lipinski definition) is 0. The van der Waals surface area contributed by atoms with Gasteiger partial charge in [-0.25, -0.2) is 4.98 Å². The highest BCUT2D eigenvalue weighted by atomic mass is 19.4. The number of likely N-dealkylation sites (tertiary alicyclic amines) is 1. The topological polar surface area (TPSA) is 33.2 Å². The molecule has 2 rings (SSSR count). The Bertz CT molecular complexity index is 467. The van der Waals surface area contributed by atoms with Crippen LogP contribution in [0.2, 0.25) is 0 Å². The van der Waals surface area contributed by atoms with Crippen molar-refractivity contribution in [3.05, 3.63) is 29.6 Å². The lowest BCUT2D eigenvalue weighted by molar-refractivity contribution is -0.208. The first-order chi connectivity index (χ1) is 8.86. The molecule has 1 aromatic heterocycles. The average molecular weight is 272 g/mol. The van der Waals surface area contributed by atoms with Crippen molar-refractivity contribution >= 4 is 5.78 Å². The summed E-state index contributed by atoms with van der Waals surface area (Å²) in [5, 5.41) is 0. The standard InChI is InChI=1S/C13H15F3N2O/c1-9(19)12-4-2-3-11(17-12)5-6-18-7-10(8-18)13(14,15)16/h2-4,10H,5-8H2,1H3. The number of alkyl halides is 3. The fraction of sp³-hybridized carbons (Fsp3) is 0.538. The van der Waals surface area contributed by atoms with E-state index >= 15 is 0 Å². The normalized spacial score (nSPS) is 17.3. The summed E-state index contributed by atoms with van der Waals surface area (Å²) in [6, 6.07) is 5.16. The van der Waals surface area contributed by atoms with Crippen LogP contribution in [-0.4, -0.2) is 41.5 Å². The van der Waals surface area contributed by atoms with E-state index in [1.165, 1.54) is 6.92 Å². The Balaban J connectivity index is 1.81. The summed E-state index contributed by atoms with van der Waals surface area (Å²) < 4.78 is 36.9. The zero-order valence-corrected chi connectivity index (χ0v) is 10.6. The van der Waals surface area contributed by atoms with Gasteiger partial charge in [0.15, 0.2) is 5.78 Å². The number of ketones is 1. The highest BCUT2D eigenvalue weighted by Gasteiger charge is 2.46. The number of nitrogens with zero attached hydrogens (tertiary/aromatic N) is 2. The van der Waals surface area contributed by atoms with Crippen molar-refractivity contribution in [3.63, 3.8) is 0 Å². The number of carbonyl (C=O) groups is 1. The molecule has 0 amide bonds. The lowest BCUT2D eigenvalue weighted by Crippen LogP contribution is -2.53. The van der Waals surface area contributed by atoms with Gasteiger partial charge in [-0.15, -0.1) is 0 Å². The van der Waals surface area contributed by atoms with E-state index in [4.69, 9.17) is 0 Å². The van der Waals surface area contributed by atoms with Crippen LogP contribution in [0.25, 0.3) is 0 Å². The monoisotopic (exact) mass is 272 g/mol. The van der Waals surface area contributed by atoms with Gasteiger partial charge in [0.05, 0.1) is 5.92 Å². The van der Waals surface area contributed by atoms with Gasteiger partial charge in [-0.1, -0.05) is 6.07 Å². The van der Waals surface area contributed by atoms with Crippen molar-refractivity contribution in [3.8, 4) is 0 Å². The van der Waals surface area contributed by atoms with Crippen LogP contribution in [0.5, 0.6) is 0 Å². The van der Waals surface area contributed by atoms with Crippen molar-refractivity contribution in [1.82, 2.24) is 9.88 Å². The number of aromatic nitrogens is 1. The van der Waals surface area contributed by atoms with E-state index in [0.29, 0.717) is 18.7 Å². The molecule has 1 aliphatic heterocycles. The molecule has 0 atom stereocenters. The maximum atomic E-state index is 12.3. The molecule has 1 aromatic rings. The Morgan fingerprint density at radius 2 is 2.11 bits per heavy atom. The Kier molecular flexibility index (Phi) is 3.89. The molecule has 19 heavy (non-hydrogen) atoms. The van der Waals surface area contributed by atoms with Gasteiger partial charge in [0.2, 0.25) is 0 Å². The molecule has 0 radical (unpaired) electrons. The summed E-state index contributed by atoms with van der Waals surface area (Å²) in [6.45, 7) is 2.11. The maximum Gasteiger partial charge on any atom is 0.394 e. The van der Waals surface area contributed by atoms with Gasteiger partial charge in [-0.2, -0.15) is 13.2 Å². The molecule has 1 fully saturated rings. The molecule has 0 bridgehead atoms. The average Bonchev–Trinajstić information content (AvgIpc) is 2.25. The second kappa shape index (κ2) is 5.28. The second-order valence-electron chi connectivity index (χ2n) is 4.82. The third kappa shape index (κ3) is 3.53. The molecular formula is C13H15F3N2O. The third-order valence-corrected chi connectivity index (χ3v) is 3.27. The Labute approximate surface area is 109 Å². The quantitative estimate of drug-likeness (QED) is 0.789. The Morgan fingerprint density at radius 1 is 1.42 bits per heavy atom. The van der Waals surface area contributed by atoms with Crippen molar-refractivity contribution in [1.29, 1.82) is 0 Å². The van der Waals surface area contributed by atoms with Crippen LogP contribution in [0.15, 0.2) is 18.2 Å². The fourth-order valence-electron chi connectivity index (χ4n) is 2.05. The minimum Gasteiger partial charge on any atom is -0.302 e. The smallest absolute Gasteiger partial charge is 0.302 e. The van der Waals surface area contributed by atoms with E-state index in [-0.39, 0.29) is 18.9 Å². The number of pyridine rings is 1. The molecule has 0 saturated carbocycles. The van der Waals surface area contributed by atoms with Gasteiger partial charge < -0.3 is 4.90 Å². The minimum atomic E-state index is -4.08. The van der Waals surface area contributed by atoms with Crippen LogP contribution in [0, 0.1) is 5.92 Å². The summed E-state index contributed by atoms with van der Waals surface area (Å²) in [6.07, 6.45) is -3.52. The fourth-order valence-corrected chi connectivity index (χ4v) is 2.05. The van der Waals surface area contributed by atoms with E-state index in [9.17, 15) is 18.0 Å². The summed E-state index contributed by atoms with van der Waals surface area (Å²) in [5.74, 6) is -1.30. The van der Waals surface area contributed by atoms with Crippen LogP contribution < -0.4 is 0 Å². The van der Waals surface area contributed by atoms with Crippen molar-refractivity contribution in [2.24, 2.45) is 5.92 Å². The van der Waals surface area contributed by atoms with E-state index in [0.717, 1.165) is 5.69 Å². The predicted octanol–water partition coefficient (Wildman–Crippen LogP) is 2.32. The minimum absolute atomic E-state index is 0.0654. The Morgan fingerprint density at radius 3 is 2.68 bits per heavy atom. The molecule has 1 aliphatic rings. The first kappa shape index (κ1) is 14.0. The van der Waals surface area contributed by atoms with E-state index in [1.807, 2.05) is 0 Å². The zero-order chi connectivity index (χ0) is 14.0. The second-order valence-corrected chi connectivity index (χ2v) is 4.82. The lowest BCUT2D eigenvalue weighted by Gasteiger charge is -2.40. The molecule has 0 unspecified atom stereocenters. The van der Waals surface area contributed by atoms with Gasteiger partial charge in [-0.3, -0.25) is 4.79 Å². The van der Waals surface area contributed by atoms with Crippen LogP contribution in [-0.2, 0) is 6.42 Å². The van der Waals surface area contributed by atoms with Crippen molar-refractivity contribution in [2.45, 2.75) is 19.5 Å². The molecule has 3 nitrogen and oxygen atoms in total. The number of rotatable bonds is 4. The summed E-state index contributed by atoms with van der Waals surface area (Å²) in [5.41, 5.74) is 1.14. The molecule has 0 aromatic carbocycles. The van der Waals surface area contributed by atoms with Crippen LogP contribution in [0.1, 0.15) is 23.1 Å². The lowest BCUT2D eigenvalue weighted by atomic mass is 9.99. The summed E-state index contributed by atoms with van der Waals surface area (Å²) in [7, 11) is 0. The van der Waals surface area contributed by atoms with E-state index in [2.05, 4.69) is 4.98 Å². The Hall–Kier alpha value is -1.43. The number of Topliss-reactive ketones (excluding diaryl/α,β-unsaturated/α-hetero) is 1. The van der Waals surface area contributed by atoms with Crippen LogP contribution in [0.4, 0.5) is 13.2 Å². The number of halogens is 3. The molecule has 0 aliphatic carbocycles. The summed E-state index contributed by atoms with van der Waals surface area (Å²) >= 11 is 0. The van der Waals surface area contributed by atoms with Gasteiger partial charge in [0, 0.05) is 38.7 Å². The first-order valence-electron chi connectivity index (χ1n) is 6.12. The molecule has 104 valence electrons. The molecule has 6 heteroatoms. The van der Waals surface area contributed by atoms with Crippen LogP contribution in [0.3, 0.4) is 0 Å². The highest BCUT2D eigenvalue weighted by molar-refractivity contribution is 5.92. The van der Waals surface area contributed by atoms with E-state index < -0.39 is 12.1 Å². The highest BCUT2D eigenvalue weighted by Crippen LogP contribution is 2.33. The van der Waals surface area contributed by atoms with Crippen molar-refractivity contribution < 1.29 is 18.0 Å². The predicted molar refractivity (Wildman–Crippen MR) is 63.9 cm³/mol. The molecule has 0 spiro atoms. The largest absolute Gasteiger partial charge is 0.394 e. The van der Waals surface area contributed by atoms with Gasteiger partial charge in [-0.05, 0) is 12.1 Å². The molecule has 1 saturated heterocycles. The number of carbonyl (C=O) groups excluding carboxylic acids is 1. The molecule has 2 heterocycles. The van der Waals surface area contributed by atoms with Crippen LogP contribution >= 0.6 is 0 Å².